The zero-order valence-corrected chi connectivity index (χ0v) is 15.4. The number of hydrogen-bond acceptors (Lipinski definition) is 4. The number of ether oxygens (including phenoxy) is 1. The van der Waals surface area contributed by atoms with Crippen LogP contribution in [-0.4, -0.2) is 31.1 Å². The van der Waals surface area contributed by atoms with Gasteiger partial charge in [-0.15, -0.1) is 11.3 Å². The number of aliphatic imine (C=N–C) groups is 1. The van der Waals surface area contributed by atoms with Crippen LogP contribution in [0.25, 0.3) is 0 Å². The highest BCUT2D eigenvalue weighted by Crippen LogP contribution is 2.17. The number of aryl methyl sites for hydroxylation is 1. The smallest absolute Gasteiger partial charge is 0.191 e. The third kappa shape index (κ3) is 5.53. The Kier molecular flexibility index (Phi) is 7.55. The fourth-order valence-electron chi connectivity index (χ4n) is 2.31. The van der Waals surface area contributed by atoms with Gasteiger partial charge in [0.25, 0.3) is 0 Å². The first-order valence-electron chi connectivity index (χ1n) is 8.34. The van der Waals surface area contributed by atoms with Gasteiger partial charge in [-0.25, -0.2) is 9.98 Å². The van der Waals surface area contributed by atoms with Gasteiger partial charge in [0, 0.05) is 18.5 Å². The summed E-state index contributed by atoms with van der Waals surface area (Å²) in [5.41, 5.74) is 2.22. The average Bonchev–Trinajstić information content (AvgIpc) is 3.08. The van der Waals surface area contributed by atoms with Gasteiger partial charge in [0.1, 0.15) is 5.75 Å². The number of benzene rings is 1. The molecule has 2 aromatic rings. The van der Waals surface area contributed by atoms with Gasteiger partial charge < -0.3 is 15.4 Å². The normalized spacial score (nSPS) is 11.4. The average molecular weight is 347 g/mol. The number of hydrogen-bond donors (Lipinski definition) is 2. The minimum absolute atomic E-state index is 0.598. The van der Waals surface area contributed by atoms with E-state index in [-0.39, 0.29) is 0 Å². The number of thiazole rings is 1. The quantitative estimate of drug-likeness (QED) is 0.570. The molecule has 1 aromatic heterocycles. The number of aromatic nitrogens is 1. The van der Waals surface area contributed by atoms with E-state index in [0.717, 1.165) is 48.3 Å². The summed E-state index contributed by atoms with van der Waals surface area (Å²) < 4.78 is 5.39. The fourth-order valence-corrected chi connectivity index (χ4v) is 3.05. The molecule has 0 fully saturated rings. The Morgan fingerprint density at radius 3 is 2.79 bits per heavy atom. The Hall–Kier alpha value is -2.08. The van der Waals surface area contributed by atoms with Crippen molar-refractivity contribution in [2.45, 2.75) is 33.2 Å². The highest BCUT2D eigenvalue weighted by molar-refractivity contribution is 7.09. The monoisotopic (exact) mass is 346 g/mol. The van der Waals surface area contributed by atoms with Gasteiger partial charge in [-0.2, -0.15) is 0 Å². The number of nitrogens with one attached hydrogen (secondary N) is 2. The minimum Gasteiger partial charge on any atom is -0.496 e. The molecule has 0 unspecified atom stereocenters. The molecule has 130 valence electrons. The fraction of sp³-hybridized carbons (Fsp3) is 0.444. The molecule has 1 heterocycles. The molecule has 0 amide bonds. The molecule has 0 saturated carbocycles. The van der Waals surface area contributed by atoms with E-state index in [1.807, 2.05) is 18.2 Å². The van der Waals surface area contributed by atoms with Crippen LogP contribution in [0.15, 0.2) is 34.6 Å². The summed E-state index contributed by atoms with van der Waals surface area (Å²) in [5.74, 6) is 1.74. The lowest BCUT2D eigenvalue weighted by Crippen LogP contribution is -2.38. The van der Waals surface area contributed by atoms with Crippen molar-refractivity contribution in [2.24, 2.45) is 4.99 Å². The Bertz CT molecular complexity index is 654. The Balaban J connectivity index is 1.89. The van der Waals surface area contributed by atoms with Crippen molar-refractivity contribution >= 4 is 17.3 Å². The SMILES string of the molecule is CCNC(=NCc1csc(CC)n1)NCCc1ccccc1OC. The summed E-state index contributed by atoms with van der Waals surface area (Å²) in [6.45, 7) is 6.41. The number of methoxy groups -OCH3 is 1. The molecule has 6 heteroatoms. The van der Waals surface area contributed by atoms with Crippen molar-refractivity contribution in [2.75, 3.05) is 20.2 Å². The second kappa shape index (κ2) is 9.93. The van der Waals surface area contributed by atoms with Crippen LogP contribution in [0, 0.1) is 0 Å². The van der Waals surface area contributed by atoms with Gasteiger partial charge in [0.05, 0.1) is 24.4 Å². The second-order valence-corrected chi connectivity index (χ2v) is 6.21. The number of nitrogens with zero attached hydrogens (tertiary/aromatic N) is 2. The molecule has 5 nitrogen and oxygen atoms in total. The van der Waals surface area contributed by atoms with Crippen molar-refractivity contribution in [3.63, 3.8) is 0 Å². The molecule has 0 aliphatic heterocycles. The minimum atomic E-state index is 0.598. The van der Waals surface area contributed by atoms with E-state index in [2.05, 4.69) is 45.9 Å². The topological polar surface area (TPSA) is 58.5 Å². The number of para-hydroxylation sites is 1. The van der Waals surface area contributed by atoms with Gasteiger partial charge in [0.2, 0.25) is 0 Å². The van der Waals surface area contributed by atoms with Gasteiger partial charge in [-0.05, 0) is 31.4 Å². The molecule has 2 rings (SSSR count). The van der Waals surface area contributed by atoms with Crippen molar-refractivity contribution in [3.05, 3.63) is 45.9 Å². The van der Waals surface area contributed by atoms with Crippen LogP contribution in [0.5, 0.6) is 5.75 Å². The molecule has 0 spiro atoms. The molecule has 24 heavy (non-hydrogen) atoms. The maximum absolute atomic E-state index is 5.39. The number of guanidine groups is 1. The van der Waals surface area contributed by atoms with Gasteiger partial charge in [-0.1, -0.05) is 25.1 Å². The number of rotatable bonds is 8. The summed E-state index contributed by atoms with van der Waals surface area (Å²) >= 11 is 1.70. The van der Waals surface area contributed by atoms with E-state index >= 15 is 0 Å². The second-order valence-electron chi connectivity index (χ2n) is 5.27. The van der Waals surface area contributed by atoms with Crippen molar-refractivity contribution < 1.29 is 4.74 Å². The molecule has 0 aliphatic rings. The van der Waals surface area contributed by atoms with Crippen LogP contribution < -0.4 is 15.4 Å². The standard InChI is InChI=1S/C18H26N4OS/c1-4-17-22-15(13-24-17)12-21-18(19-5-2)20-11-10-14-8-6-7-9-16(14)23-3/h6-9,13H,4-5,10-12H2,1-3H3,(H2,19,20,21). The molecule has 0 aliphatic carbocycles. The zero-order valence-electron chi connectivity index (χ0n) is 14.6. The van der Waals surface area contributed by atoms with Crippen molar-refractivity contribution in [3.8, 4) is 5.75 Å². The summed E-state index contributed by atoms with van der Waals surface area (Å²) in [7, 11) is 1.70. The van der Waals surface area contributed by atoms with Crippen LogP contribution in [0.1, 0.15) is 30.1 Å². The Morgan fingerprint density at radius 2 is 2.08 bits per heavy atom. The van der Waals surface area contributed by atoms with E-state index in [9.17, 15) is 0 Å². The third-order valence-corrected chi connectivity index (χ3v) is 4.57. The largest absolute Gasteiger partial charge is 0.496 e. The van der Waals surface area contributed by atoms with Gasteiger partial charge in [0.15, 0.2) is 5.96 Å². The van der Waals surface area contributed by atoms with Crippen LogP contribution in [-0.2, 0) is 19.4 Å². The molecular formula is C18H26N4OS. The van der Waals surface area contributed by atoms with Gasteiger partial charge >= 0.3 is 0 Å². The highest BCUT2D eigenvalue weighted by atomic mass is 32.1. The maximum Gasteiger partial charge on any atom is 0.191 e. The van der Waals surface area contributed by atoms with Crippen LogP contribution >= 0.6 is 11.3 Å². The van der Waals surface area contributed by atoms with Crippen LogP contribution in [0.2, 0.25) is 0 Å². The van der Waals surface area contributed by atoms with Crippen LogP contribution in [0.4, 0.5) is 0 Å². The Morgan fingerprint density at radius 1 is 1.25 bits per heavy atom. The molecule has 2 N–H and O–H groups in total. The molecule has 0 saturated heterocycles. The van der Waals surface area contributed by atoms with E-state index in [1.165, 1.54) is 5.56 Å². The lowest BCUT2D eigenvalue weighted by Gasteiger charge is -2.12. The highest BCUT2D eigenvalue weighted by Gasteiger charge is 2.04. The van der Waals surface area contributed by atoms with E-state index in [1.54, 1.807) is 18.4 Å². The summed E-state index contributed by atoms with van der Waals surface area (Å²) in [6.07, 6.45) is 1.86. The first-order chi connectivity index (χ1) is 11.8. The lowest BCUT2D eigenvalue weighted by molar-refractivity contribution is 0.409. The first-order valence-corrected chi connectivity index (χ1v) is 9.22. The van der Waals surface area contributed by atoms with Crippen molar-refractivity contribution in [1.29, 1.82) is 0 Å². The zero-order chi connectivity index (χ0) is 17.2. The summed E-state index contributed by atoms with van der Waals surface area (Å²) in [6, 6.07) is 8.10. The summed E-state index contributed by atoms with van der Waals surface area (Å²) in [4.78, 5) is 9.16. The Labute approximate surface area is 148 Å². The maximum atomic E-state index is 5.39. The molecule has 0 radical (unpaired) electrons. The van der Waals surface area contributed by atoms with Crippen molar-refractivity contribution in [1.82, 2.24) is 15.6 Å². The lowest BCUT2D eigenvalue weighted by atomic mass is 10.1. The predicted octanol–water partition coefficient (Wildman–Crippen LogP) is 3.01. The third-order valence-electron chi connectivity index (χ3n) is 3.52. The van der Waals surface area contributed by atoms with Gasteiger partial charge in [-0.3, -0.25) is 0 Å². The molecular weight excluding hydrogens is 320 g/mol. The molecule has 0 bridgehead atoms. The molecule has 1 aromatic carbocycles. The summed E-state index contributed by atoms with van der Waals surface area (Å²) in [5, 5.41) is 9.89. The van der Waals surface area contributed by atoms with Crippen LogP contribution in [0.3, 0.4) is 0 Å². The first kappa shape index (κ1) is 18.3. The van der Waals surface area contributed by atoms with E-state index in [4.69, 9.17) is 4.74 Å². The molecule has 0 atom stereocenters. The van der Waals surface area contributed by atoms with E-state index < -0.39 is 0 Å². The van der Waals surface area contributed by atoms with E-state index in [0.29, 0.717) is 6.54 Å². The predicted molar refractivity (Wildman–Crippen MR) is 101 cm³/mol.